The van der Waals surface area contributed by atoms with E-state index in [9.17, 15) is 0 Å². The second-order valence-electron chi connectivity index (χ2n) is 3.80. The van der Waals surface area contributed by atoms with Crippen molar-refractivity contribution >= 4 is 15.9 Å². The van der Waals surface area contributed by atoms with E-state index in [1.807, 2.05) is 0 Å². The van der Waals surface area contributed by atoms with Crippen molar-refractivity contribution < 1.29 is 10.2 Å². The molecule has 19 heavy (non-hydrogen) atoms. The fourth-order valence-electron chi connectivity index (χ4n) is 1.21. The van der Waals surface area contributed by atoms with Crippen LogP contribution in [0.2, 0.25) is 0 Å². The van der Waals surface area contributed by atoms with Crippen LogP contribution in [-0.2, 0) is 0 Å². The van der Waals surface area contributed by atoms with E-state index in [0.29, 0.717) is 0 Å². The standard InChI is InChI=1S/C16H19BrO2/c17-14-12-10-8-6-4-2-1-3-5-7-9-11-13-16(19)15-18/h12,14,16,18-19H,1-6,15H2/b14-12+/t16-/m0/s1. The Morgan fingerprint density at radius 1 is 1.00 bits per heavy atom. The molecule has 2 N–H and O–H groups in total. The first-order chi connectivity index (χ1) is 9.31. The van der Waals surface area contributed by atoms with Crippen LogP contribution < -0.4 is 0 Å². The molecule has 0 aromatic carbocycles. The molecule has 0 amide bonds. The molecule has 0 heterocycles. The highest BCUT2D eigenvalue weighted by Gasteiger charge is 1.90. The Morgan fingerprint density at radius 2 is 1.68 bits per heavy atom. The van der Waals surface area contributed by atoms with Gasteiger partial charge in [-0.2, -0.15) is 0 Å². The third-order valence-electron chi connectivity index (χ3n) is 2.16. The highest BCUT2D eigenvalue weighted by Crippen LogP contribution is 2.04. The molecule has 0 saturated carbocycles. The van der Waals surface area contributed by atoms with Gasteiger partial charge in [0.25, 0.3) is 0 Å². The van der Waals surface area contributed by atoms with Gasteiger partial charge in [0.2, 0.25) is 0 Å². The summed E-state index contributed by atoms with van der Waals surface area (Å²) in [5, 5.41) is 17.4. The van der Waals surface area contributed by atoms with E-state index < -0.39 is 6.10 Å². The summed E-state index contributed by atoms with van der Waals surface area (Å²) in [5.74, 6) is 16.5. The minimum absolute atomic E-state index is 0.344. The number of aliphatic hydroxyl groups excluding tert-OH is 2. The first-order valence-electron chi connectivity index (χ1n) is 6.32. The molecular weight excluding hydrogens is 304 g/mol. The maximum Gasteiger partial charge on any atom is 0.138 e. The van der Waals surface area contributed by atoms with Gasteiger partial charge in [-0.05, 0) is 35.7 Å². The molecule has 0 aliphatic heterocycles. The molecule has 0 aliphatic rings. The van der Waals surface area contributed by atoms with Crippen LogP contribution in [0.4, 0.5) is 0 Å². The van der Waals surface area contributed by atoms with E-state index in [1.54, 1.807) is 11.1 Å². The molecule has 0 saturated heterocycles. The third kappa shape index (κ3) is 14.8. The summed E-state index contributed by atoms with van der Waals surface area (Å²) >= 11 is 3.16. The van der Waals surface area contributed by atoms with Crippen molar-refractivity contribution in [2.45, 2.75) is 44.6 Å². The topological polar surface area (TPSA) is 40.5 Å². The van der Waals surface area contributed by atoms with Crippen LogP contribution in [0.1, 0.15) is 38.5 Å². The van der Waals surface area contributed by atoms with Crippen molar-refractivity contribution in [3.63, 3.8) is 0 Å². The Bertz CT molecular complexity index is 421. The predicted octanol–water partition coefficient (Wildman–Crippen LogP) is 2.60. The summed E-state index contributed by atoms with van der Waals surface area (Å²) in [5.41, 5.74) is 0. The number of halogens is 1. The molecule has 0 spiro atoms. The van der Waals surface area contributed by atoms with Gasteiger partial charge in [0.1, 0.15) is 6.10 Å². The lowest BCUT2D eigenvalue weighted by Crippen LogP contribution is -2.07. The first-order valence-corrected chi connectivity index (χ1v) is 7.23. The first kappa shape index (κ1) is 17.8. The largest absolute Gasteiger partial charge is 0.393 e. The molecule has 0 fully saturated rings. The van der Waals surface area contributed by atoms with E-state index in [0.717, 1.165) is 32.1 Å². The Labute approximate surface area is 124 Å². The van der Waals surface area contributed by atoms with E-state index in [1.165, 1.54) is 6.42 Å². The third-order valence-corrected chi connectivity index (χ3v) is 2.43. The summed E-state index contributed by atoms with van der Waals surface area (Å²) in [6.07, 6.45) is 7.07. The van der Waals surface area contributed by atoms with E-state index in [-0.39, 0.29) is 6.61 Å². The molecule has 0 unspecified atom stereocenters. The molecule has 0 aromatic rings. The quantitative estimate of drug-likeness (QED) is 0.583. The van der Waals surface area contributed by atoms with Crippen LogP contribution in [0.5, 0.6) is 0 Å². The molecule has 0 aromatic heterocycles. The second-order valence-corrected chi connectivity index (χ2v) is 4.33. The number of aliphatic hydroxyl groups is 2. The maximum atomic E-state index is 8.93. The van der Waals surface area contributed by atoms with Gasteiger partial charge in [0.15, 0.2) is 0 Å². The molecule has 1 atom stereocenters. The Kier molecular flexibility index (Phi) is 14.0. The van der Waals surface area contributed by atoms with Gasteiger partial charge in [-0.3, -0.25) is 0 Å². The van der Waals surface area contributed by atoms with Crippen LogP contribution in [0.15, 0.2) is 11.1 Å². The Hall–Kier alpha value is -1.18. The average Bonchev–Trinajstić information content (AvgIpc) is 2.43. The lowest BCUT2D eigenvalue weighted by Gasteiger charge is -1.94. The number of hydrogen-bond acceptors (Lipinski definition) is 2. The summed E-state index contributed by atoms with van der Waals surface area (Å²) in [6, 6.07) is 0. The van der Waals surface area contributed by atoms with Gasteiger partial charge in [-0.15, -0.1) is 0 Å². The smallest absolute Gasteiger partial charge is 0.138 e. The zero-order chi connectivity index (χ0) is 14.2. The fourth-order valence-corrected chi connectivity index (χ4v) is 1.35. The van der Waals surface area contributed by atoms with Gasteiger partial charge in [-0.25, -0.2) is 0 Å². The zero-order valence-corrected chi connectivity index (χ0v) is 12.5. The second kappa shape index (κ2) is 14.9. The van der Waals surface area contributed by atoms with Crippen molar-refractivity contribution in [3.05, 3.63) is 11.1 Å². The lowest BCUT2D eigenvalue weighted by molar-refractivity contribution is 0.138. The summed E-state index contributed by atoms with van der Waals surface area (Å²) in [4.78, 5) is 1.75. The molecule has 0 radical (unpaired) electrons. The average molecular weight is 323 g/mol. The Morgan fingerprint density at radius 3 is 2.32 bits per heavy atom. The lowest BCUT2D eigenvalue weighted by atomic mass is 10.1. The number of rotatable bonds is 6. The highest BCUT2D eigenvalue weighted by atomic mass is 79.9. The minimum Gasteiger partial charge on any atom is -0.393 e. The van der Waals surface area contributed by atoms with Crippen LogP contribution >= 0.6 is 15.9 Å². The molecule has 0 aliphatic carbocycles. The monoisotopic (exact) mass is 322 g/mol. The highest BCUT2D eigenvalue weighted by molar-refractivity contribution is 9.11. The van der Waals surface area contributed by atoms with Gasteiger partial charge >= 0.3 is 0 Å². The van der Waals surface area contributed by atoms with Crippen LogP contribution in [-0.4, -0.2) is 22.9 Å². The van der Waals surface area contributed by atoms with Crippen LogP contribution in [0.3, 0.4) is 0 Å². The molecule has 0 rings (SSSR count). The van der Waals surface area contributed by atoms with Crippen LogP contribution in [0, 0.1) is 35.5 Å². The summed E-state index contributed by atoms with van der Waals surface area (Å²) in [7, 11) is 0. The van der Waals surface area contributed by atoms with Gasteiger partial charge in [-0.1, -0.05) is 52.5 Å². The number of unbranched alkanes of at least 4 members (excludes halogenated alkanes) is 5. The van der Waals surface area contributed by atoms with Crippen molar-refractivity contribution in [1.29, 1.82) is 0 Å². The van der Waals surface area contributed by atoms with Gasteiger partial charge < -0.3 is 10.2 Å². The predicted molar refractivity (Wildman–Crippen MR) is 82.2 cm³/mol. The molecular formula is C16H19BrO2. The number of hydrogen-bond donors (Lipinski definition) is 2. The maximum absolute atomic E-state index is 8.93. The summed E-state index contributed by atoms with van der Waals surface area (Å²) in [6.45, 7) is -0.344. The van der Waals surface area contributed by atoms with Crippen molar-refractivity contribution in [2.75, 3.05) is 6.61 Å². The molecule has 0 bridgehead atoms. The van der Waals surface area contributed by atoms with Crippen molar-refractivity contribution in [3.8, 4) is 35.5 Å². The molecule has 2 nitrogen and oxygen atoms in total. The zero-order valence-electron chi connectivity index (χ0n) is 11.0. The van der Waals surface area contributed by atoms with Gasteiger partial charge in [0, 0.05) is 12.8 Å². The van der Waals surface area contributed by atoms with E-state index >= 15 is 0 Å². The normalized spacial score (nSPS) is 10.7. The summed E-state index contributed by atoms with van der Waals surface area (Å²) < 4.78 is 0. The van der Waals surface area contributed by atoms with Gasteiger partial charge in [0.05, 0.1) is 6.61 Å². The minimum atomic E-state index is -0.977. The molecule has 3 heteroatoms. The van der Waals surface area contributed by atoms with E-state index in [2.05, 4.69) is 51.5 Å². The molecule has 102 valence electrons. The number of allylic oxidation sites excluding steroid dienone is 1. The Balaban J connectivity index is 3.43. The van der Waals surface area contributed by atoms with E-state index in [4.69, 9.17) is 10.2 Å². The van der Waals surface area contributed by atoms with Crippen molar-refractivity contribution in [2.24, 2.45) is 0 Å². The van der Waals surface area contributed by atoms with Crippen LogP contribution in [0.25, 0.3) is 0 Å². The van der Waals surface area contributed by atoms with Crippen molar-refractivity contribution in [1.82, 2.24) is 0 Å². The fraction of sp³-hybridized carbons (Fsp3) is 0.500. The SMILES string of the molecule is OC[C@@H](O)C#CC#CCCCCCCC#C/C=C/Br.